The number of fused-ring (bicyclic) bond motifs is 1. The first-order chi connectivity index (χ1) is 7.22. The van der Waals surface area contributed by atoms with Crippen LogP contribution in [-0.2, 0) is 4.79 Å². The fraction of sp³-hybridized carbons (Fsp3) is 0.364. The molecule has 0 saturated heterocycles. The van der Waals surface area contributed by atoms with E-state index in [9.17, 15) is 4.79 Å². The smallest absolute Gasteiger partial charge is 0.246 e. The number of carbonyl (C=O) groups is 1. The molecule has 2 rings (SSSR count). The molecular weight excluding hydrogens is 192 g/mol. The number of benzene rings is 1. The molecule has 15 heavy (non-hydrogen) atoms. The van der Waals surface area contributed by atoms with Crippen LogP contribution in [0.2, 0.25) is 0 Å². The van der Waals surface area contributed by atoms with Gasteiger partial charge in [0, 0.05) is 17.8 Å². The second-order valence-corrected chi connectivity index (χ2v) is 3.69. The molecule has 0 aromatic heterocycles. The van der Waals surface area contributed by atoms with Crippen LogP contribution in [0.15, 0.2) is 18.2 Å². The lowest BCUT2D eigenvalue weighted by atomic mass is 10.1. The maximum atomic E-state index is 11.6. The monoisotopic (exact) mass is 206 g/mol. The van der Waals surface area contributed by atoms with Gasteiger partial charge in [0.05, 0.1) is 6.61 Å². The van der Waals surface area contributed by atoms with Crippen molar-refractivity contribution < 1.29 is 9.90 Å². The Labute approximate surface area is 88.3 Å². The van der Waals surface area contributed by atoms with E-state index in [0.717, 1.165) is 16.8 Å². The van der Waals surface area contributed by atoms with Gasteiger partial charge in [-0.05, 0) is 13.0 Å². The summed E-state index contributed by atoms with van der Waals surface area (Å²) in [7, 11) is 0. The number of hydrogen-bond donors (Lipinski definition) is 3. The first kappa shape index (κ1) is 10.1. The number of nitrogens with one attached hydrogen (secondary N) is 2. The molecule has 1 aliphatic heterocycles. The van der Waals surface area contributed by atoms with Gasteiger partial charge in [-0.25, -0.2) is 0 Å². The first-order valence-corrected chi connectivity index (χ1v) is 4.98. The summed E-state index contributed by atoms with van der Waals surface area (Å²) >= 11 is 0. The maximum Gasteiger partial charge on any atom is 0.246 e. The Bertz CT molecular complexity index is 390. The summed E-state index contributed by atoms with van der Waals surface area (Å²) in [6.07, 6.45) is 0. The van der Waals surface area contributed by atoms with E-state index in [2.05, 4.69) is 10.6 Å². The number of hydrogen-bond acceptors (Lipinski definition) is 3. The fourth-order valence-electron chi connectivity index (χ4n) is 1.79. The predicted octanol–water partition coefficient (Wildman–Crippen LogP) is 0.570. The zero-order valence-corrected chi connectivity index (χ0v) is 8.58. The third-order valence-corrected chi connectivity index (χ3v) is 2.50. The summed E-state index contributed by atoms with van der Waals surface area (Å²) in [5.74, 6) is -0.0518. The van der Waals surface area contributed by atoms with Gasteiger partial charge in [-0.15, -0.1) is 0 Å². The maximum absolute atomic E-state index is 11.6. The molecule has 4 nitrogen and oxygen atoms in total. The normalized spacial score (nSPS) is 18.8. The number of aliphatic hydroxyl groups excluding tert-OH is 1. The van der Waals surface area contributed by atoms with Crippen LogP contribution in [0.1, 0.15) is 17.2 Å². The minimum atomic E-state index is -0.327. The lowest BCUT2D eigenvalue weighted by Crippen LogP contribution is -2.29. The van der Waals surface area contributed by atoms with E-state index in [-0.39, 0.29) is 18.6 Å². The van der Waals surface area contributed by atoms with Gasteiger partial charge in [0.1, 0.15) is 6.04 Å². The van der Waals surface area contributed by atoms with Crippen molar-refractivity contribution in [1.82, 2.24) is 5.32 Å². The highest BCUT2D eigenvalue weighted by molar-refractivity contribution is 6.02. The number of aryl methyl sites for hydroxylation is 1. The number of amides is 1. The standard InChI is InChI=1S/C11H14N2O2/c1-7-2-3-9-8(6-7)10(11(15)13-9)12-4-5-14/h2-3,6,10,12,14H,4-5H2,1H3,(H,13,15). The molecule has 0 spiro atoms. The molecule has 0 bridgehead atoms. The molecule has 1 aromatic rings. The van der Waals surface area contributed by atoms with E-state index in [0.29, 0.717) is 6.54 Å². The van der Waals surface area contributed by atoms with Crippen LogP contribution in [0.5, 0.6) is 0 Å². The lowest BCUT2D eigenvalue weighted by molar-refractivity contribution is -0.117. The van der Waals surface area contributed by atoms with Crippen LogP contribution in [0, 0.1) is 6.92 Å². The van der Waals surface area contributed by atoms with Gasteiger partial charge in [-0.3, -0.25) is 10.1 Å². The summed E-state index contributed by atoms with van der Waals surface area (Å²) in [4.78, 5) is 11.6. The molecule has 1 heterocycles. The third-order valence-electron chi connectivity index (χ3n) is 2.50. The Balaban J connectivity index is 2.27. The Hall–Kier alpha value is -1.39. The molecule has 1 amide bonds. The Morgan fingerprint density at radius 3 is 3.07 bits per heavy atom. The SMILES string of the molecule is Cc1ccc2c(c1)C(NCCO)C(=O)N2. The summed E-state index contributed by atoms with van der Waals surface area (Å²) in [5.41, 5.74) is 2.95. The van der Waals surface area contributed by atoms with Gasteiger partial charge in [0.25, 0.3) is 0 Å². The van der Waals surface area contributed by atoms with Crippen molar-refractivity contribution in [3.8, 4) is 0 Å². The summed E-state index contributed by atoms with van der Waals surface area (Å²) in [6.45, 7) is 2.45. The van der Waals surface area contributed by atoms with Crippen LogP contribution in [-0.4, -0.2) is 24.2 Å². The average Bonchev–Trinajstić information content (AvgIpc) is 2.51. The summed E-state index contributed by atoms with van der Waals surface area (Å²) in [5, 5.41) is 14.5. The fourth-order valence-corrected chi connectivity index (χ4v) is 1.79. The minimum absolute atomic E-state index is 0.0327. The van der Waals surface area contributed by atoms with Crippen LogP contribution < -0.4 is 10.6 Å². The molecule has 0 saturated carbocycles. The average molecular weight is 206 g/mol. The van der Waals surface area contributed by atoms with E-state index < -0.39 is 0 Å². The molecular formula is C11H14N2O2. The van der Waals surface area contributed by atoms with Crippen molar-refractivity contribution in [3.63, 3.8) is 0 Å². The van der Waals surface area contributed by atoms with E-state index in [1.165, 1.54) is 0 Å². The van der Waals surface area contributed by atoms with E-state index in [1.54, 1.807) is 0 Å². The third kappa shape index (κ3) is 1.86. The Kier molecular flexibility index (Phi) is 2.70. The largest absolute Gasteiger partial charge is 0.395 e. The van der Waals surface area contributed by atoms with Gasteiger partial charge in [-0.1, -0.05) is 17.7 Å². The number of carbonyl (C=O) groups excluding carboxylic acids is 1. The second-order valence-electron chi connectivity index (χ2n) is 3.69. The van der Waals surface area contributed by atoms with E-state index in [4.69, 9.17) is 5.11 Å². The molecule has 1 aromatic carbocycles. The lowest BCUT2D eigenvalue weighted by Gasteiger charge is -2.10. The second kappa shape index (κ2) is 4.00. The zero-order valence-electron chi connectivity index (χ0n) is 8.58. The van der Waals surface area contributed by atoms with Crippen molar-refractivity contribution >= 4 is 11.6 Å². The van der Waals surface area contributed by atoms with Crippen molar-refractivity contribution in [2.75, 3.05) is 18.5 Å². The quantitative estimate of drug-likeness (QED) is 0.677. The van der Waals surface area contributed by atoms with Crippen LogP contribution in [0.25, 0.3) is 0 Å². The highest BCUT2D eigenvalue weighted by Gasteiger charge is 2.29. The van der Waals surface area contributed by atoms with Gasteiger partial charge in [0.15, 0.2) is 0 Å². The molecule has 1 aliphatic rings. The Morgan fingerprint density at radius 2 is 2.33 bits per heavy atom. The van der Waals surface area contributed by atoms with Crippen LogP contribution in [0.4, 0.5) is 5.69 Å². The zero-order chi connectivity index (χ0) is 10.8. The van der Waals surface area contributed by atoms with Crippen molar-refractivity contribution in [2.24, 2.45) is 0 Å². The van der Waals surface area contributed by atoms with Crippen LogP contribution in [0.3, 0.4) is 0 Å². The molecule has 80 valence electrons. The molecule has 1 unspecified atom stereocenters. The van der Waals surface area contributed by atoms with Crippen molar-refractivity contribution in [3.05, 3.63) is 29.3 Å². The number of anilines is 1. The molecule has 3 N–H and O–H groups in total. The molecule has 0 aliphatic carbocycles. The van der Waals surface area contributed by atoms with Crippen LogP contribution >= 0.6 is 0 Å². The van der Waals surface area contributed by atoms with Gasteiger partial charge in [0.2, 0.25) is 5.91 Å². The number of aliphatic hydroxyl groups is 1. The highest BCUT2D eigenvalue weighted by Crippen LogP contribution is 2.31. The molecule has 4 heteroatoms. The van der Waals surface area contributed by atoms with E-state index >= 15 is 0 Å². The van der Waals surface area contributed by atoms with Crippen molar-refractivity contribution in [2.45, 2.75) is 13.0 Å². The minimum Gasteiger partial charge on any atom is -0.395 e. The first-order valence-electron chi connectivity index (χ1n) is 4.98. The van der Waals surface area contributed by atoms with Gasteiger partial charge < -0.3 is 10.4 Å². The molecule has 0 radical (unpaired) electrons. The van der Waals surface area contributed by atoms with Gasteiger partial charge >= 0.3 is 0 Å². The number of rotatable bonds is 3. The van der Waals surface area contributed by atoms with Gasteiger partial charge in [-0.2, -0.15) is 0 Å². The predicted molar refractivity (Wildman–Crippen MR) is 57.6 cm³/mol. The molecule has 1 atom stereocenters. The van der Waals surface area contributed by atoms with Crippen molar-refractivity contribution in [1.29, 1.82) is 0 Å². The molecule has 0 fully saturated rings. The summed E-state index contributed by atoms with van der Waals surface area (Å²) < 4.78 is 0. The topological polar surface area (TPSA) is 61.4 Å². The van der Waals surface area contributed by atoms with E-state index in [1.807, 2.05) is 25.1 Å². The Morgan fingerprint density at radius 1 is 1.53 bits per heavy atom. The summed E-state index contributed by atoms with van der Waals surface area (Å²) in [6, 6.07) is 5.53. The highest BCUT2D eigenvalue weighted by atomic mass is 16.3.